The smallest absolute Gasteiger partial charge is 0.127 e. The first kappa shape index (κ1) is 15.4. The summed E-state index contributed by atoms with van der Waals surface area (Å²) >= 11 is 0. The van der Waals surface area contributed by atoms with Crippen LogP contribution < -0.4 is 27.2 Å². The molecule has 1 N–H and O–H groups in total. The molecule has 0 radical (unpaired) electrons. The van der Waals surface area contributed by atoms with Crippen molar-refractivity contribution >= 4 is 0 Å². The molecule has 0 aliphatic rings. The Kier molecular flexibility index (Phi) is 6.25. The molecule has 0 fully saturated rings. The van der Waals surface area contributed by atoms with E-state index >= 15 is 0 Å². The molecule has 0 bridgehead atoms. The molecule has 0 unspecified atom stereocenters. The Hall–Kier alpha value is -1.65. The molecule has 19 heavy (non-hydrogen) atoms. The van der Waals surface area contributed by atoms with Crippen molar-refractivity contribution in [2.24, 2.45) is 0 Å². The van der Waals surface area contributed by atoms with E-state index < -0.39 is 0 Å². The van der Waals surface area contributed by atoms with E-state index in [1.165, 1.54) is 0 Å². The summed E-state index contributed by atoms with van der Waals surface area (Å²) in [6.07, 6.45) is 1.67. The predicted octanol–water partition coefficient (Wildman–Crippen LogP) is -0.409. The molecule has 2 aromatic rings. The third kappa shape index (κ3) is 4.19. The lowest BCUT2D eigenvalue weighted by atomic mass is 10.2. The van der Waals surface area contributed by atoms with E-state index in [-0.39, 0.29) is 12.4 Å². The third-order valence-corrected chi connectivity index (χ3v) is 2.69. The van der Waals surface area contributed by atoms with Crippen molar-refractivity contribution < 1.29 is 26.3 Å². The Bertz CT molecular complexity index is 485. The number of furan rings is 1. The van der Waals surface area contributed by atoms with Gasteiger partial charge in [0.15, 0.2) is 0 Å². The highest BCUT2D eigenvalue weighted by molar-refractivity contribution is 5.40. The van der Waals surface area contributed by atoms with Crippen molar-refractivity contribution in [2.75, 3.05) is 14.2 Å². The fourth-order valence-electron chi connectivity index (χ4n) is 1.73. The van der Waals surface area contributed by atoms with Gasteiger partial charge in [0.25, 0.3) is 0 Å². The van der Waals surface area contributed by atoms with Crippen LogP contribution in [0.5, 0.6) is 11.5 Å². The molecule has 0 spiro atoms. The van der Waals surface area contributed by atoms with Gasteiger partial charge in [0, 0.05) is 18.2 Å². The first-order chi connectivity index (χ1) is 8.83. The minimum Gasteiger partial charge on any atom is -1.00 e. The minimum atomic E-state index is 0. The molecule has 0 atom stereocenters. The Morgan fingerprint density at radius 2 is 1.95 bits per heavy atom. The van der Waals surface area contributed by atoms with Gasteiger partial charge in [-0.25, -0.2) is 0 Å². The first-order valence-corrected chi connectivity index (χ1v) is 5.77. The van der Waals surface area contributed by atoms with Crippen LogP contribution in [0.15, 0.2) is 41.0 Å². The van der Waals surface area contributed by atoms with Crippen molar-refractivity contribution in [3.05, 3.63) is 47.9 Å². The summed E-state index contributed by atoms with van der Waals surface area (Å²) in [5, 5.41) is 3.30. The van der Waals surface area contributed by atoms with E-state index in [4.69, 9.17) is 13.9 Å². The van der Waals surface area contributed by atoms with E-state index in [0.29, 0.717) is 13.1 Å². The number of ether oxygens (including phenoxy) is 2. The summed E-state index contributed by atoms with van der Waals surface area (Å²) in [4.78, 5) is 0. The largest absolute Gasteiger partial charge is 1.00 e. The summed E-state index contributed by atoms with van der Waals surface area (Å²) in [6.45, 7) is 1.41. The predicted molar refractivity (Wildman–Crippen MR) is 68.8 cm³/mol. The van der Waals surface area contributed by atoms with Crippen LogP contribution >= 0.6 is 0 Å². The Balaban J connectivity index is 0.00000180. The highest BCUT2D eigenvalue weighted by Gasteiger charge is 2.05. The van der Waals surface area contributed by atoms with Gasteiger partial charge in [0.2, 0.25) is 0 Å². The zero-order chi connectivity index (χ0) is 12.8. The van der Waals surface area contributed by atoms with Crippen LogP contribution in [0.25, 0.3) is 0 Å². The van der Waals surface area contributed by atoms with Gasteiger partial charge in [-0.05, 0) is 18.2 Å². The molecule has 0 aliphatic carbocycles. The van der Waals surface area contributed by atoms with Crippen molar-refractivity contribution in [1.82, 2.24) is 5.32 Å². The molecule has 104 valence electrons. The molecular weight excluding hydrogens is 266 g/mol. The molecule has 4 nitrogen and oxygen atoms in total. The van der Waals surface area contributed by atoms with Crippen LogP contribution in [0.4, 0.5) is 0 Å². The van der Waals surface area contributed by atoms with E-state index in [9.17, 15) is 0 Å². The number of nitrogens with one attached hydrogen (secondary N) is 1. The first-order valence-electron chi connectivity index (χ1n) is 5.77. The number of benzene rings is 1. The highest BCUT2D eigenvalue weighted by Crippen LogP contribution is 2.24. The van der Waals surface area contributed by atoms with Crippen molar-refractivity contribution in [3.8, 4) is 11.5 Å². The van der Waals surface area contributed by atoms with E-state index in [2.05, 4.69) is 5.32 Å². The zero-order valence-corrected chi connectivity index (χ0v) is 11.7. The van der Waals surface area contributed by atoms with Crippen LogP contribution in [0.2, 0.25) is 0 Å². The average molecular weight is 283 g/mol. The second-order valence-corrected chi connectivity index (χ2v) is 3.86. The fourth-order valence-corrected chi connectivity index (χ4v) is 1.73. The van der Waals surface area contributed by atoms with Crippen molar-refractivity contribution in [3.63, 3.8) is 0 Å². The quantitative estimate of drug-likeness (QED) is 0.782. The summed E-state index contributed by atoms with van der Waals surface area (Å²) in [7, 11) is 3.30. The number of methoxy groups -OCH3 is 2. The Labute approximate surface area is 119 Å². The molecule has 0 amide bonds. The molecule has 0 aliphatic heterocycles. The third-order valence-electron chi connectivity index (χ3n) is 2.69. The van der Waals surface area contributed by atoms with Crippen LogP contribution in [0, 0.1) is 0 Å². The van der Waals surface area contributed by atoms with Crippen LogP contribution in [0.1, 0.15) is 11.3 Å². The molecule has 2 rings (SSSR count). The van der Waals surface area contributed by atoms with Crippen LogP contribution in [-0.4, -0.2) is 14.2 Å². The van der Waals surface area contributed by atoms with Gasteiger partial charge in [-0.15, -0.1) is 0 Å². The topological polar surface area (TPSA) is 43.6 Å². The van der Waals surface area contributed by atoms with Gasteiger partial charge in [-0.3, -0.25) is 0 Å². The number of halogens is 1. The standard InChI is InChI=1S/C14H17NO3.ClH/c1-16-12-6-5-11(14(8-12)17-2)9-15-10-13-4-3-7-18-13;/h3-8,15H,9-10H2,1-2H3;1H/p-1. The second-order valence-electron chi connectivity index (χ2n) is 3.86. The maximum absolute atomic E-state index is 5.33. The van der Waals surface area contributed by atoms with Gasteiger partial charge < -0.3 is 31.6 Å². The number of rotatable bonds is 6. The maximum Gasteiger partial charge on any atom is 0.127 e. The number of hydrogen-bond donors (Lipinski definition) is 1. The average Bonchev–Trinajstić information content (AvgIpc) is 2.92. The SMILES string of the molecule is COc1ccc(CNCc2ccco2)c(OC)c1.[Cl-]. The summed E-state index contributed by atoms with van der Waals surface area (Å²) in [5.74, 6) is 2.53. The van der Waals surface area contributed by atoms with E-state index in [0.717, 1.165) is 22.8 Å². The second kappa shape index (κ2) is 7.71. The van der Waals surface area contributed by atoms with Gasteiger partial charge in [-0.1, -0.05) is 6.07 Å². The van der Waals surface area contributed by atoms with Gasteiger partial charge >= 0.3 is 0 Å². The van der Waals surface area contributed by atoms with Crippen LogP contribution in [0.3, 0.4) is 0 Å². The van der Waals surface area contributed by atoms with Gasteiger partial charge in [-0.2, -0.15) is 0 Å². The lowest BCUT2D eigenvalue weighted by Crippen LogP contribution is -3.00. The maximum atomic E-state index is 5.33. The minimum absolute atomic E-state index is 0. The summed E-state index contributed by atoms with van der Waals surface area (Å²) in [6, 6.07) is 9.62. The van der Waals surface area contributed by atoms with Crippen molar-refractivity contribution in [1.29, 1.82) is 0 Å². The van der Waals surface area contributed by atoms with E-state index in [1.807, 2.05) is 30.3 Å². The molecule has 1 aromatic carbocycles. The molecule has 5 heteroatoms. The highest BCUT2D eigenvalue weighted by atomic mass is 35.5. The van der Waals surface area contributed by atoms with Gasteiger partial charge in [0.05, 0.1) is 27.0 Å². The number of hydrogen-bond acceptors (Lipinski definition) is 4. The summed E-state index contributed by atoms with van der Waals surface area (Å²) in [5.41, 5.74) is 1.09. The van der Waals surface area contributed by atoms with Crippen LogP contribution in [-0.2, 0) is 13.1 Å². The molecule has 1 heterocycles. The molecular formula is C14H17ClNO3-. The zero-order valence-electron chi connectivity index (χ0n) is 11.0. The molecule has 0 saturated carbocycles. The molecule has 1 aromatic heterocycles. The van der Waals surface area contributed by atoms with Gasteiger partial charge in [0.1, 0.15) is 17.3 Å². The van der Waals surface area contributed by atoms with E-state index in [1.54, 1.807) is 20.5 Å². The Morgan fingerprint density at radius 3 is 2.58 bits per heavy atom. The fraction of sp³-hybridized carbons (Fsp3) is 0.286. The Morgan fingerprint density at radius 1 is 1.11 bits per heavy atom. The normalized spacial score (nSPS) is 9.79. The lowest BCUT2D eigenvalue weighted by Gasteiger charge is -2.10. The monoisotopic (exact) mass is 282 g/mol. The van der Waals surface area contributed by atoms with Crippen molar-refractivity contribution in [2.45, 2.75) is 13.1 Å². The summed E-state index contributed by atoms with van der Waals surface area (Å²) < 4.78 is 15.7. The lowest BCUT2D eigenvalue weighted by molar-refractivity contribution is -0.00000486. The molecule has 0 saturated heterocycles.